The first-order valence-corrected chi connectivity index (χ1v) is 9.18. The van der Waals surface area contributed by atoms with Crippen molar-refractivity contribution in [2.24, 2.45) is 16.7 Å². The number of hydrogen-bond acceptors (Lipinski definition) is 3. The minimum Gasteiger partial charge on any atom is -0.392 e. The molecular formula is C20H34O3. The number of hydrogen-bond donors (Lipinski definition) is 2. The van der Waals surface area contributed by atoms with E-state index in [1.54, 1.807) is 0 Å². The van der Waals surface area contributed by atoms with Gasteiger partial charge in [-0.25, -0.2) is 0 Å². The molecule has 3 aliphatic rings. The minimum atomic E-state index is -0.840. The number of rotatable bonds is 1. The first kappa shape index (κ1) is 17.4. The van der Waals surface area contributed by atoms with Crippen molar-refractivity contribution in [1.82, 2.24) is 0 Å². The van der Waals surface area contributed by atoms with Gasteiger partial charge in [-0.1, -0.05) is 26.8 Å². The molecule has 2 aliphatic carbocycles. The van der Waals surface area contributed by atoms with Crippen LogP contribution in [0.3, 0.4) is 0 Å². The molecule has 0 amide bonds. The van der Waals surface area contributed by atoms with Gasteiger partial charge in [-0.2, -0.15) is 0 Å². The Bertz CT molecular complexity index is 515. The van der Waals surface area contributed by atoms with Gasteiger partial charge in [0, 0.05) is 5.41 Å². The number of ether oxygens (including phenoxy) is 1. The molecule has 0 aromatic carbocycles. The highest BCUT2D eigenvalue weighted by Crippen LogP contribution is 2.67. The largest absolute Gasteiger partial charge is 0.392 e. The average Bonchev–Trinajstić information content (AvgIpc) is 2.47. The van der Waals surface area contributed by atoms with Crippen molar-refractivity contribution >= 4 is 0 Å². The molecule has 0 radical (unpaired) electrons. The van der Waals surface area contributed by atoms with E-state index in [-0.39, 0.29) is 22.5 Å². The molecule has 0 aromatic rings. The third-order valence-corrected chi connectivity index (χ3v) is 8.02. The van der Waals surface area contributed by atoms with E-state index >= 15 is 0 Å². The number of fused-ring (bicyclic) bond motifs is 3. The Labute approximate surface area is 141 Å². The lowest BCUT2D eigenvalue weighted by Gasteiger charge is -2.69. The van der Waals surface area contributed by atoms with Gasteiger partial charge in [-0.05, 0) is 63.7 Å². The third kappa shape index (κ3) is 2.06. The molecular weight excluding hydrogens is 288 g/mol. The van der Waals surface area contributed by atoms with Crippen molar-refractivity contribution < 1.29 is 14.9 Å². The first-order chi connectivity index (χ1) is 10.4. The number of aliphatic hydroxyl groups excluding tert-OH is 1. The maximum Gasteiger partial charge on any atom is 0.0839 e. The monoisotopic (exact) mass is 322 g/mol. The van der Waals surface area contributed by atoms with Gasteiger partial charge in [0.1, 0.15) is 0 Å². The van der Waals surface area contributed by atoms with Crippen molar-refractivity contribution in [3.63, 3.8) is 0 Å². The Hall–Kier alpha value is -0.380. The summed E-state index contributed by atoms with van der Waals surface area (Å²) < 4.78 is 6.55. The lowest BCUT2D eigenvalue weighted by Crippen LogP contribution is -2.74. The molecule has 3 heteroatoms. The Balaban J connectivity index is 2.07. The zero-order valence-corrected chi connectivity index (χ0v) is 15.5. The Morgan fingerprint density at radius 1 is 1.00 bits per heavy atom. The molecule has 3 nitrogen and oxygen atoms in total. The van der Waals surface area contributed by atoms with Crippen molar-refractivity contribution in [3.05, 3.63) is 12.7 Å². The summed E-state index contributed by atoms with van der Waals surface area (Å²) in [4.78, 5) is 0. The van der Waals surface area contributed by atoms with Gasteiger partial charge in [0.25, 0.3) is 0 Å². The van der Waals surface area contributed by atoms with Gasteiger partial charge in [0.05, 0.1) is 22.9 Å². The lowest BCUT2D eigenvalue weighted by atomic mass is 9.41. The Kier molecular flexibility index (Phi) is 3.66. The zero-order valence-electron chi connectivity index (χ0n) is 15.5. The van der Waals surface area contributed by atoms with Gasteiger partial charge in [0.15, 0.2) is 0 Å². The highest BCUT2D eigenvalue weighted by molar-refractivity contribution is 5.21. The Morgan fingerprint density at radius 2 is 1.65 bits per heavy atom. The fourth-order valence-electron chi connectivity index (χ4n) is 6.26. The van der Waals surface area contributed by atoms with Crippen LogP contribution < -0.4 is 0 Å². The molecule has 0 unspecified atom stereocenters. The van der Waals surface area contributed by atoms with Crippen molar-refractivity contribution in [2.75, 3.05) is 0 Å². The van der Waals surface area contributed by atoms with Gasteiger partial charge in [-0.3, -0.25) is 0 Å². The van der Waals surface area contributed by atoms with Gasteiger partial charge in [0.2, 0.25) is 0 Å². The van der Waals surface area contributed by atoms with Crippen LogP contribution in [0, 0.1) is 16.7 Å². The Morgan fingerprint density at radius 3 is 2.26 bits per heavy atom. The predicted octanol–water partition coefficient (Wildman–Crippen LogP) is 3.83. The van der Waals surface area contributed by atoms with E-state index in [4.69, 9.17) is 4.74 Å². The molecule has 2 saturated carbocycles. The van der Waals surface area contributed by atoms with E-state index in [9.17, 15) is 10.2 Å². The van der Waals surface area contributed by atoms with E-state index in [1.807, 2.05) is 6.08 Å². The molecule has 1 heterocycles. The molecule has 1 aliphatic heterocycles. The van der Waals surface area contributed by atoms with Crippen LogP contribution in [-0.2, 0) is 4.74 Å². The molecule has 23 heavy (non-hydrogen) atoms. The maximum atomic E-state index is 11.8. The summed E-state index contributed by atoms with van der Waals surface area (Å²) >= 11 is 0. The van der Waals surface area contributed by atoms with E-state index in [1.165, 1.54) is 0 Å². The van der Waals surface area contributed by atoms with Crippen LogP contribution in [0.1, 0.15) is 73.1 Å². The van der Waals surface area contributed by atoms with Gasteiger partial charge < -0.3 is 14.9 Å². The molecule has 3 fully saturated rings. The SMILES string of the molecule is C=C[C@]1(C)CC[C@H]2[C@]3(C)[C@H](O)CCC(C)(C)[C@@]3(O)CC[C@]2(C)O1. The lowest BCUT2D eigenvalue weighted by molar-refractivity contribution is -0.327. The van der Waals surface area contributed by atoms with Crippen LogP contribution in [-0.4, -0.2) is 33.1 Å². The summed E-state index contributed by atoms with van der Waals surface area (Å²) in [5.74, 6) is 0.163. The van der Waals surface area contributed by atoms with E-state index in [2.05, 4.69) is 41.2 Å². The fourth-order valence-corrected chi connectivity index (χ4v) is 6.26. The van der Waals surface area contributed by atoms with Crippen LogP contribution in [0.2, 0.25) is 0 Å². The standard InChI is InChI=1S/C20H34O3/c1-7-17(4)11-8-14-18(5,23-17)12-13-20(22)16(2,3)10-9-15(21)19(14,20)6/h7,14-15,21-22H,1,8-13H2,2-6H3/t14-,15-,17-,18+,19-,20+/m1/s1. The van der Waals surface area contributed by atoms with Crippen molar-refractivity contribution in [2.45, 2.75) is 96.1 Å². The highest BCUT2D eigenvalue weighted by Gasteiger charge is 2.71. The summed E-state index contributed by atoms with van der Waals surface area (Å²) in [7, 11) is 0. The van der Waals surface area contributed by atoms with Crippen LogP contribution in [0.4, 0.5) is 0 Å². The molecule has 3 rings (SSSR count). The third-order valence-electron chi connectivity index (χ3n) is 8.02. The summed E-state index contributed by atoms with van der Waals surface area (Å²) in [5, 5.41) is 22.7. The van der Waals surface area contributed by atoms with E-state index < -0.39 is 17.1 Å². The summed E-state index contributed by atoms with van der Waals surface area (Å²) in [6.07, 6.45) is 6.46. The second-order valence-corrected chi connectivity index (χ2v) is 9.60. The molecule has 1 saturated heterocycles. The second-order valence-electron chi connectivity index (χ2n) is 9.60. The fraction of sp³-hybridized carbons (Fsp3) is 0.900. The second kappa shape index (κ2) is 4.83. The number of aliphatic hydroxyl groups is 2. The molecule has 0 aromatic heterocycles. The van der Waals surface area contributed by atoms with Crippen LogP contribution in [0.25, 0.3) is 0 Å². The summed E-state index contributed by atoms with van der Waals surface area (Å²) in [6, 6.07) is 0. The zero-order chi connectivity index (χ0) is 17.3. The normalized spacial score (nSPS) is 55.6. The smallest absolute Gasteiger partial charge is 0.0839 e. The van der Waals surface area contributed by atoms with Gasteiger partial charge in [-0.15, -0.1) is 6.58 Å². The minimum absolute atomic E-state index is 0.163. The van der Waals surface area contributed by atoms with Crippen LogP contribution >= 0.6 is 0 Å². The predicted molar refractivity (Wildman–Crippen MR) is 92.1 cm³/mol. The molecule has 132 valence electrons. The van der Waals surface area contributed by atoms with E-state index in [0.29, 0.717) is 6.42 Å². The highest BCUT2D eigenvalue weighted by atomic mass is 16.5. The summed E-state index contributed by atoms with van der Waals surface area (Å²) in [5.41, 5.74) is -2.15. The molecule has 6 atom stereocenters. The van der Waals surface area contributed by atoms with Crippen molar-refractivity contribution in [3.8, 4) is 0 Å². The topological polar surface area (TPSA) is 49.7 Å². The maximum absolute atomic E-state index is 11.8. The van der Waals surface area contributed by atoms with Gasteiger partial charge >= 0.3 is 0 Å². The van der Waals surface area contributed by atoms with Crippen LogP contribution in [0.5, 0.6) is 0 Å². The van der Waals surface area contributed by atoms with Crippen molar-refractivity contribution in [1.29, 1.82) is 0 Å². The van der Waals surface area contributed by atoms with E-state index in [0.717, 1.165) is 32.1 Å². The first-order valence-electron chi connectivity index (χ1n) is 9.18. The summed E-state index contributed by atoms with van der Waals surface area (Å²) in [6.45, 7) is 14.7. The molecule has 0 spiro atoms. The molecule has 0 bridgehead atoms. The molecule has 2 N–H and O–H groups in total. The average molecular weight is 322 g/mol. The van der Waals surface area contributed by atoms with Crippen LogP contribution in [0.15, 0.2) is 12.7 Å². The quantitative estimate of drug-likeness (QED) is 0.721.